The molecule has 0 saturated heterocycles. The van der Waals surface area contributed by atoms with Crippen molar-refractivity contribution in [3.63, 3.8) is 0 Å². The smallest absolute Gasteiger partial charge is 0.255 e. The van der Waals surface area contributed by atoms with Gasteiger partial charge in [0.2, 0.25) is 0 Å². The average molecular weight is 606 g/mol. The Balaban J connectivity index is 1.34. The van der Waals surface area contributed by atoms with Gasteiger partial charge in [-0.2, -0.15) is 0 Å². The summed E-state index contributed by atoms with van der Waals surface area (Å²) in [5.74, 6) is -6.47. The van der Waals surface area contributed by atoms with Gasteiger partial charge in [-0.15, -0.1) is 0 Å². The molecule has 2 aromatic carbocycles. The van der Waals surface area contributed by atoms with Gasteiger partial charge in [0.15, 0.2) is 37.1 Å². The number of carbonyl (C=O) groups excluding carboxylic acids is 1. The van der Waals surface area contributed by atoms with Gasteiger partial charge in [0.1, 0.15) is 0 Å². The molecule has 13 heteroatoms. The van der Waals surface area contributed by atoms with Crippen molar-refractivity contribution in [3.05, 3.63) is 58.4 Å². The molecule has 0 spiro atoms. The molecule has 0 aromatic heterocycles. The summed E-state index contributed by atoms with van der Waals surface area (Å²) in [5, 5.41) is 12.3. The fourth-order valence-corrected chi connectivity index (χ4v) is 10.2. The van der Waals surface area contributed by atoms with E-state index in [-0.39, 0.29) is 63.3 Å². The van der Waals surface area contributed by atoms with E-state index < -0.39 is 53.9 Å². The van der Waals surface area contributed by atoms with Crippen molar-refractivity contribution in [1.82, 2.24) is 0 Å². The minimum absolute atomic E-state index is 0.0783. The first-order chi connectivity index (χ1) is 18.2. The summed E-state index contributed by atoms with van der Waals surface area (Å²) in [6.07, 6.45) is 2.77. The van der Waals surface area contributed by atoms with Gasteiger partial charge in [-0.3, -0.25) is 4.79 Å². The van der Waals surface area contributed by atoms with Crippen molar-refractivity contribution >= 4 is 42.9 Å². The molecule has 0 aliphatic heterocycles. The molecular weight excluding hydrogens is 579 g/mol. The van der Waals surface area contributed by atoms with Crippen LogP contribution in [0.3, 0.4) is 0 Å². The van der Waals surface area contributed by atoms with Crippen molar-refractivity contribution < 1.29 is 39.9 Å². The first-order valence-electron chi connectivity index (χ1n) is 12.7. The maximum Gasteiger partial charge on any atom is 0.255 e. The highest BCUT2D eigenvalue weighted by molar-refractivity contribution is 7.92. The number of amides is 1. The second-order valence-electron chi connectivity index (χ2n) is 10.8. The zero-order valence-electron chi connectivity index (χ0n) is 20.7. The highest BCUT2D eigenvalue weighted by Crippen LogP contribution is 2.54. The Morgan fingerprint density at radius 3 is 2.10 bits per heavy atom. The third kappa shape index (κ3) is 5.32. The Hall–Kier alpha value is -2.15. The number of anilines is 1. The third-order valence-electron chi connectivity index (χ3n) is 8.37. The fourth-order valence-electron chi connectivity index (χ4n) is 6.04. The summed E-state index contributed by atoms with van der Waals surface area (Å²) in [6.45, 7) is 0. The minimum atomic E-state index is -4.07. The molecular formula is C26H27ClF3NO6S2. The van der Waals surface area contributed by atoms with Crippen LogP contribution < -0.4 is 5.32 Å². The number of hydrogen-bond donors (Lipinski definition) is 2. The van der Waals surface area contributed by atoms with E-state index in [9.17, 15) is 39.9 Å². The molecule has 3 saturated carbocycles. The van der Waals surface area contributed by atoms with Crippen molar-refractivity contribution in [2.24, 2.45) is 11.8 Å². The standard InChI is InChI=1S/C26H27ClF3NO6S2/c27-20-6-1-14(25(32)31-17-12-21(28)24(30)22(29)13-17)9-23(20)39(36,37)19-10-15-2-3-16(11-19)26(15,33)7-8-38(34,35)18-4-5-18/h1,6,9,12-13,15-16,18-19,33H,2-5,7-8,10-11H2,(H,31,32)/t15-,16?,19?,26?/m0/s1. The van der Waals surface area contributed by atoms with Crippen molar-refractivity contribution in [2.75, 3.05) is 11.1 Å². The van der Waals surface area contributed by atoms with Crippen LogP contribution in [0.4, 0.5) is 18.9 Å². The van der Waals surface area contributed by atoms with Crippen LogP contribution in [0.1, 0.15) is 55.3 Å². The van der Waals surface area contributed by atoms with Gasteiger partial charge < -0.3 is 10.4 Å². The fraction of sp³-hybridized carbons (Fsp3) is 0.500. The zero-order chi connectivity index (χ0) is 28.3. The van der Waals surface area contributed by atoms with Crippen LogP contribution in [0.2, 0.25) is 5.02 Å². The van der Waals surface area contributed by atoms with Gasteiger partial charge in [0.25, 0.3) is 5.91 Å². The van der Waals surface area contributed by atoms with Crippen LogP contribution in [0.15, 0.2) is 35.2 Å². The molecule has 3 unspecified atom stereocenters. The van der Waals surface area contributed by atoms with Crippen LogP contribution in [0, 0.1) is 29.3 Å². The number of sulfone groups is 2. The number of fused-ring (bicyclic) bond motifs is 2. The normalized spacial score (nSPS) is 26.9. The number of halogens is 4. The number of rotatable bonds is 8. The molecule has 2 N–H and O–H groups in total. The van der Waals surface area contributed by atoms with E-state index in [4.69, 9.17) is 11.6 Å². The maximum atomic E-state index is 13.7. The zero-order valence-corrected chi connectivity index (χ0v) is 23.1. The Morgan fingerprint density at radius 2 is 1.54 bits per heavy atom. The highest BCUT2D eigenvalue weighted by Gasteiger charge is 2.56. The SMILES string of the molecule is O=C(Nc1cc(F)c(F)c(F)c1)c1ccc(Cl)c(S(=O)(=O)C2CC3CC[C@@H](C2)C3(O)CCS(=O)(=O)C2CC2)c1. The highest BCUT2D eigenvalue weighted by atomic mass is 35.5. The van der Waals surface area contributed by atoms with E-state index in [1.807, 2.05) is 0 Å². The van der Waals surface area contributed by atoms with Gasteiger partial charge in [0.05, 0.1) is 31.8 Å². The van der Waals surface area contributed by atoms with Gasteiger partial charge in [-0.25, -0.2) is 30.0 Å². The van der Waals surface area contributed by atoms with Gasteiger partial charge in [-0.05, 0) is 75.0 Å². The minimum Gasteiger partial charge on any atom is -0.389 e. The summed E-state index contributed by atoms with van der Waals surface area (Å²) in [4.78, 5) is 12.4. The monoisotopic (exact) mass is 605 g/mol. The molecule has 3 aliphatic carbocycles. The van der Waals surface area contributed by atoms with Gasteiger partial charge in [-0.1, -0.05) is 11.6 Å². The van der Waals surface area contributed by atoms with Crippen LogP contribution in [-0.4, -0.2) is 49.7 Å². The Morgan fingerprint density at radius 1 is 0.949 bits per heavy atom. The summed E-state index contributed by atoms with van der Waals surface area (Å²) in [6, 6.07) is 4.74. The molecule has 3 fully saturated rings. The lowest BCUT2D eigenvalue weighted by molar-refractivity contribution is -0.0603. The molecule has 2 bridgehead atoms. The maximum absolute atomic E-state index is 13.7. The second kappa shape index (κ2) is 10.0. The van der Waals surface area contributed by atoms with E-state index in [1.54, 1.807) is 0 Å². The molecule has 4 atom stereocenters. The van der Waals surface area contributed by atoms with Crippen molar-refractivity contribution in [3.8, 4) is 0 Å². The average Bonchev–Trinajstić information content (AvgIpc) is 3.70. The molecule has 7 nitrogen and oxygen atoms in total. The van der Waals surface area contributed by atoms with Crippen LogP contribution in [0.25, 0.3) is 0 Å². The molecule has 0 heterocycles. The predicted molar refractivity (Wildman–Crippen MR) is 139 cm³/mol. The van der Waals surface area contributed by atoms with E-state index in [1.165, 1.54) is 12.1 Å². The van der Waals surface area contributed by atoms with E-state index in [0.29, 0.717) is 37.8 Å². The topological polar surface area (TPSA) is 118 Å². The molecule has 1 amide bonds. The third-order valence-corrected chi connectivity index (χ3v) is 13.3. The molecule has 2 aromatic rings. The summed E-state index contributed by atoms with van der Waals surface area (Å²) in [7, 11) is -7.34. The lowest BCUT2D eigenvalue weighted by Crippen LogP contribution is -2.49. The number of aliphatic hydroxyl groups is 1. The molecule has 0 radical (unpaired) electrons. The van der Waals surface area contributed by atoms with Crippen LogP contribution >= 0.6 is 11.6 Å². The van der Waals surface area contributed by atoms with Gasteiger partial charge >= 0.3 is 0 Å². The Bertz CT molecular complexity index is 1510. The first-order valence-corrected chi connectivity index (χ1v) is 16.3. The second-order valence-corrected chi connectivity index (χ2v) is 15.8. The molecule has 39 heavy (non-hydrogen) atoms. The Kier molecular flexibility index (Phi) is 7.31. The van der Waals surface area contributed by atoms with E-state index in [0.717, 1.165) is 6.07 Å². The number of nitrogens with one attached hydrogen (secondary N) is 1. The lowest BCUT2D eigenvalue weighted by atomic mass is 9.73. The summed E-state index contributed by atoms with van der Waals surface area (Å²) in [5.41, 5.74) is -1.76. The first kappa shape index (κ1) is 28.4. The largest absolute Gasteiger partial charge is 0.389 e. The molecule has 212 valence electrons. The summed E-state index contributed by atoms with van der Waals surface area (Å²) >= 11 is 6.24. The number of benzene rings is 2. The summed E-state index contributed by atoms with van der Waals surface area (Å²) < 4.78 is 92.4. The van der Waals surface area contributed by atoms with Crippen molar-refractivity contribution in [1.29, 1.82) is 0 Å². The van der Waals surface area contributed by atoms with E-state index >= 15 is 0 Å². The van der Waals surface area contributed by atoms with Gasteiger partial charge in [0, 0.05) is 23.4 Å². The quantitative estimate of drug-likeness (QED) is 0.422. The van der Waals surface area contributed by atoms with Crippen LogP contribution in [-0.2, 0) is 19.7 Å². The number of carbonyl (C=O) groups is 1. The molecule has 5 rings (SSSR count). The van der Waals surface area contributed by atoms with E-state index in [2.05, 4.69) is 5.32 Å². The Labute approximate surface area is 229 Å². The van der Waals surface area contributed by atoms with Crippen LogP contribution in [0.5, 0.6) is 0 Å². The lowest BCUT2D eigenvalue weighted by Gasteiger charge is -2.42. The predicted octanol–water partition coefficient (Wildman–Crippen LogP) is 4.67. The number of hydrogen-bond acceptors (Lipinski definition) is 6. The van der Waals surface area contributed by atoms with Crippen molar-refractivity contribution in [2.45, 2.75) is 65.9 Å². The molecule has 3 aliphatic rings.